The van der Waals surface area contributed by atoms with E-state index < -0.39 is 0 Å². The smallest absolute Gasteiger partial charge is 0.237 e. The predicted molar refractivity (Wildman–Crippen MR) is 63.7 cm³/mol. The summed E-state index contributed by atoms with van der Waals surface area (Å²) in [4.78, 5) is 24.8. The average Bonchev–Trinajstić information content (AvgIpc) is 2.55. The molecule has 0 saturated carbocycles. The van der Waals surface area contributed by atoms with Gasteiger partial charge in [-0.3, -0.25) is 9.59 Å². The second-order valence-electron chi connectivity index (χ2n) is 4.10. The Hall–Kier alpha value is -2.04. The summed E-state index contributed by atoms with van der Waals surface area (Å²) in [6.07, 6.45) is 0.232. The molecule has 2 rings (SSSR count). The molecular formula is C12H14N2O3. The minimum absolute atomic E-state index is 0.213. The number of methoxy groups -OCH3 is 1. The summed E-state index contributed by atoms with van der Waals surface area (Å²) in [6, 6.07) is 4.91. The minimum Gasteiger partial charge on any atom is -0.497 e. The summed E-state index contributed by atoms with van der Waals surface area (Å²) in [7, 11) is 1.52. The van der Waals surface area contributed by atoms with E-state index in [2.05, 4.69) is 0 Å². The van der Waals surface area contributed by atoms with Crippen LogP contribution in [0.25, 0.3) is 0 Å². The van der Waals surface area contributed by atoms with Crippen molar-refractivity contribution in [1.82, 2.24) is 0 Å². The Labute approximate surface area is 99.2 Å². The lowest BCUT2D eigenvalue weighted by atomic mass is 10.1. The first-order valence-corrected chi connectivity index (χ1v) is 5.35. The number of rotatable bonds is 2. The van der Waals surface area contributed by atoms with E-state index in [1.165, 1.54) is 7.11 Å². The molecule has 0 bridgehead atoms. The first kappa shape index (κ1) is 11.4. The van der Waals surface area contributed by atoms with Crippen LogP contribution >= 0.6 is 0 Å². The molecule has 2 N–H and O–H groups in total. The van der Waals surface area contributed by atoms with Gasteiger partial charge in [0.25, 0.3) is 0 Å². The number of amides is 2. The number of nitrogens with zero attached hydrogens (tertiary/aromatic N) is 1. The summed E-state index contributed by atoms with van der Waals surface area (Å²) < 4.78 is 5.06. The summed E-state index contributed by atoms with van der Waals surface area (Å²) in [5.74, 6) is -0.153. The molecule has 5 nitrogen and oxygen atoms in total. The second kappa shape index (κ2) is 4.08. The molecule has 5 heteroatoms. The maximum absolute atomic E-state index is 11.9. The zero-order valence-electron chi connectivity index (χ0n) is 9.77. The molecule has 1 heterocycles. The molecule has 1 atom stereocenters. The fourth-order valence-corrected chi connectivity index (χ4v) is 1.88. The van der Waals surface area contributed by atoms with Crippen molar-refractivity contribution in [1.29, 1.82) is 0 Å². The highest BCUT2D eigenvalue weighted by atomic mass is 16.5. The summed E-state index contributed by atoms with van der Waals surface area (Å²) in [5, 5.41) is 0. The highest BCUT2D eigenvalue weighted by Gasteiger charge is 2.37. The van der Waals surface area contributed by atoms with Crippen molar-refractivity contribution in [2.24, 2.45) is 5.92 Å². The second-order valence-corrected chi connectivity index (χ2v) is 4.10. The number of hydrogen-bond donors (Lipinski definition) is 1. The molecule has 0 radical (unpaired) electrons. The Morgan fingerprint density at radius 2 is 2.12 bits per heavy atom. The number of carbonyl (C=O) groups is 2. The lowest BCUT2D eigenvalue weighted by Crippen LogP contribution is -2.30. The van der Waals surface area contributed by atoms with Gasteiger partial charge in [0.1, 0.15) is 5.75 Å². The third-order valence-electron chi connectivity index (χ3n) is 2.85. The lowest BCUT2D eigenvalue weighted by molar-refractivity contribution is -0.122. The van der Waals surface area contributed by atoms with E-state index in [1.807, 2.05) is 0 Å². The van der Waals surface area contributed by atoms with Gasteiger partial charge in [0.2, 0.25) is 11.8 Å². The number of benzene rings is 1. The molecule has 0 aromatic heterocycles. The van der Waals surface area contributed by atoms with E-state index in [9.17, 15) is 9.59 Å². The molecule has 1 aliphatic rings. The standard InChI is InChI=1S/C12H14N2O3/c1-7-5-11(15)14(12(7)16)10-6-8(17-2)3-4-9(10)13/h3-4,6-7H,5,13H2,1-2H3. The zero-order chi connectivity index (χ0) is 12.6. The fourth-order valence-electron chi connectivity index (χ4n) is 1.88. The zero-order valence-corrected chi connectivity index (χ0v) is 9.77. The number of nitrogen functional groups attached to an aromatic ring is 1. The van der Waals surface area contributed by atoms with Crippen LogP contribution in [0, 0.1) is 5.92 Å². The minimum atomic E-state index is -0.284. The third-order valence-corrected chi connectivity index (χ3v) is 2.85. The molecule has 1 aromatic rings. The predicted octanol–water partition coefficient (Wildman–Crippen LogP) is 1.18. The normalized spacial score (nSPS) is 19.9. The van der Waals surface area contributed by atoms with Crippen molar-refractivity contribution in [3.05, 3.63) is 18.2 Å². The van der Waals surface area contributed by atoms with Crippen LogP contribution in [0.3, 0.4) is 0 Å². The van der Waals surface area contributed by atoms with E-state index in [1.54, 1.807) is 25.1 Å². The summed E-state index contributed by atoms with van der Waals surface area (Å²) in [6.45, 7) is 1.73. The van der Waals surface area contributed by atoms with E-state index >= 15 is 0 Å². The number of imide groups is 1. The molecule has 0 spiro atoms. The van der Waals surface area contributed by atoms with E-state index in [-0.39, 0.29) is 24.2 Å². The third kappa shape index (κ3) is 1.84. The largest absolute Gasteiger partial charge is 0.497 e. The topological polar surface area (TPSA) is 72.6 Å². The lowest BCUT2D eigenvalue weighted by Gasteiger charge is -2.17. The number of anilines is 2. The number of hydrogen-bond acceptors (Lipinski definition) is 4. The van der Waals surface area contributed by atoms with Gasteiger partial charge in [0.15, 0.2) is 0 Å². The number of carbonyl (C=O) groups excluding carboxylic acids is 2. The van der Waals surface area contributed by atoms with Gasteiger partial charge < -0.3 is 10.5 Å². The molecule has 90 valence electrons. The van der Waals surface area contributed by atoms with Crippen LogP contribution in [0.2, 0.25) is 0 Å². The molecule has 1 aliphatic heterocycles. The first-order valence-electron chi connectivity index (χ1n) is 5.35. The van der Waals surface area contributed by atoms with Crippen LogP contribution in [-0.2, 0) is 9.59 Å². The highest BCUT2D eigenvalue weighted by Crippen LogP contribution is 2.33. The van der Waals surface area contributed by atoms with E-state index in [0.29, 0.717) is 17.1 Å². The van der Waals surface area contributed by atoms with Gasteiger partial charge in [-0.15, -0.1) is 0 Å². The van der Waals surface area contributed by atoms with Crippen LogP contribution in [0.4, 0.5) is 11.4 Å². The van der Waals surface area contributed by atoms with Gasteiger partial charge >= 0.3 is 0 Å². The van der Waals surface area contributed by atoms with Crippen LogP contribution < -0.4 is 15.4 Å². The number of nitrogens with two attached hydrogens (primary N) is 1. The highest BCUT2D eigenvalue weighted by molar-refractivity contribution is 6.22. The molecular weight excluding hydrogens is 220 g/mol. The average molecular weight is 234 g/mol. The van der Waals surface area contributed by atoms with Crippen LogP contribution in [0.5, 0.6) is 5.75 Å². The maximum atomic E-state index is 11.9. The molecule has 1 unspecified atom stereocenters. The van der Waals surface area contributed by atoms with Crippen molar-refractivity contribution < 1.29 is 14.3 Å². The molecule has 1 aromatic carbocycles. The van der Waals surface area contributed by atoms with Crippen molar-refractivity contribution in [2.45, 2.75) is 13.3 Å². The number of ether oxygens (including phenoxy) is 1. The summed E-state index contributed by atoms with van der Waals surface area (Å²) in [5.41, 5.74) is 6.59. The molecule has 1 saturated heterocycles. The Balaban J connectivity index is 2.46. The van der Waals surface area contributed by atoms with Gasteiger partial charge in [-0.2, -0.15) is 0 Å². The van der Waals surface area contributed by atoms with Crippen molar-refractivity contribution >= 4 is 23.2 Å². The van der Waals surface area contributed by atoms with Gasteiger partial charge in [-0.25, -0.2) is 4.90 Å². The Morgan fingerprint density at radius 1 is 1.41 bits per heavy atom. The monoisotopic (exact) mass is 234 g/mol. The van der Waals surface area contributed by atoms with Crippen LogP contribution in [0.1, 0.15) is 13.3 Å². The molecule has 2 amide bonds. The molecule has 0 aliphatic carbocycles. The van der Waals surface area contributed by atoms with Crippen LogP contribution in [-0.4, -0.2) is 18.9 Å². The quantitative estimate of drug-likeness (QED) is 0.616. The van der Waals surface area contributed by atoms with Crippen molar-refractivity contribution in [3.8, 4) is 5.75 Å². The van der Waals surface area contributed by atoms with Gasteiger partial charge in [0.05, 0.1) is 18.5 Å². The molecule has 1 fully saturated rings. The van der Waals surface area contributed by atoms with Gasteiger partial charge in [-0.05, 0) is 12.1 Å². The summed E-state index contributed by atoms with van der Waals surface area (Å²) >= 11 is 0. The Bertz CT molecular complexity index is 485. The molecule has 17 heavy (non-hydrogen) atoms. The first-order chi connectivity index (χ1) is 8.04. The fraction of sp³-hybridized carbons (Fsp3) is 0.333. The van der Waals surface area contributed by atoms with E-state index in [0.717, 1.165) is 4.90 Å². The van der Waals surface area contributed by atoms with E-state index in [4.69, 9.17) is 10.5 Å². The van der Waals surface area contributed by atoms with Crippen LogP contribution in [0.15, 0.2) is 18.2 Å². The maximum Gasteiger partial charge on any atom is 0.237 e. The van der Waals surface area contributed by atoms with Gasteiger partial charge in [0, 0.05) is 18.4 Å². The Morgan fingerprint density at radius 3 is 2.65 bits per heavy atom. The SMILES string of the molecule is COc1ccc(N)c(N2C(=O)CC(C)C2=O)c1. The van der Waals surface area contributed by atoms with Gasteiger partial charge in [-0.1, -0.05) is 6.92 Å². The van der Waals surface area contributed by atoms with Crippen molar-refractivity contribution in [3.63, 3.8) is 0 Å². The Kier molecular flexibility index (Phi) is 2.75. The van der Waals surface area contributed by atoms with Crippen molar-refractivity contribution in [2.75, 3.05) is 17.7 Å².